The van der Waals surface area contributed by atoms with Crippen LogP contribution in [-0.4, -0.2) is 65.2 Å². The van der Waals surface area contributed by atoms with Crippen LogP contribution in [0.3, 0.4) is 0 Å². The van der Waals surface area contributed by atoms with Gasteiger partial charge in [-0.15, -0.1) is 0 Å². The second kappa shape index (κ2) is 9.89. The molecule has 2 aromatic heterocycles. The van der Waals surface area contributed by atoms with Gasteiger partial charge in [-0.2, -0.15) is 13.2 Å². The van der Waals surface area contributed by atoms with E-state index in [4.69, 9.17) is 14.2 Å². The van der Waals surface area contributed by atoms with E-state index >= 15 is 0 Å². The Morgan fingerprint density at radius 1 is 1.23 bits per heavy atom. The molecule has 2 bridgehead atoms. The van der Waals surface area contributed by atoms with Crippen molar-refractivity contribution in [1.29, 1.82) is 0 Å². The van der Waals surface area contributed by atoms with Gasteiger partial charge in [0.25, 0.3) is 0 Å². The van der Waals surface area contributed by atoms with Crippen molar-refractivity contribution in [3.8, 4) is 17.1 Å². The van der Waals surface area contributed by atoms with Gasteiger partial charge in [-0.1, -0.05) is 12.1 Å². The first-order valence-corrected chi connectivity index (χ1v) is 12.9. The zero-order chi connectivity index (χ0) is 28.1. The summed E-state index contributed by atoms with van der Waals surface area (Å²) in [6, 6.07) is 7.48. The molecule has 0 saturated carbocycles. The van der Waals surface area contributed by atoms with Crippen molar-refractivity contribution >= 4 is 23.4 Å². The maximum atomic E-state index is 13.6. The van der Waals surface area contributed by atoms with Crippen LogP contribution in [-0.2, 0) is 15.7 Å². The zero-order valence-electron chi connectivity index (χ0n) is 21.8. The fraction of sp³-hybridized carbons (Fsp3) is 0.407. The van der Waals surface area contributed by atoms with Gasteiger partial charge in [-0.05, 0) is 38.5 Å². The number of halogens is 3. The Morgan fingerprint density at radius 3 is 2.85 bits per heavy atom. The van der Waals surface area contributed by atoms with Crippen LogP contribution in [0.2, 0.25) is 0 Å². The second-order valence-corrected chi connectivity index (χ2v) is 10.3. The van der Waals surface area contributed by atoms with E-state index in [-0.39, 0.29) is 36.0 Å². The van der Waals surface area contributed by atoms with Gasteiger partial charge in [0.1, 0.15) is 24.3 Å². The van der Waals surface area contributed by atoms with Gasteiger partial charge in [0, 0.05) is 30.9 Å². The first-order chi connectivity index (χ1) is 19.1. The van der Waals surface area contributed by atoms with Gasteiger partial charge >= 0.3 is 12.2 Å². The molecule has 2 fully saturated rings. The summed E-state index contributed by atoms with van der Waals surface area (Å²) in [6.45, 7) is 5.67. The number of urea groups is 1. The van der Waals surface area contributed by atoms with Crippen LogP contribution < -0.4 is 19.9 Å². The highest BCUT2D eigenvalue weighted by molar-refractivity contribution is 6.04. The molecule has 40 heavy (non-hydrogen) atoms. The van der Waals surface area contributed by atoms with Gasteiger partial charge < -0.3 is 19.1 Å². The number of rotatable bonds is 5. The first kappa shape index (κ1) is 26.3. The smallest absolute Gasteiger partial charge is 0.416 e. The summed E-state index contributed by atoms with van der Waals surface area (Å²) in [5.41, 5.74) is 0.0532. The van der Waals surface area contributed by atoms with E-state index in [9.17, 15) is 18.0 Å². The minimum Gasteiger partial charge on any atom is -0.491 e. The maximum absolute atomic E-state index is 13.6. The summed E-state index contributed by atoms with van der Waals surface area (Å²) in [6.07, 6.45) is -0.930. The van der Waals surface area contributed by atoms with Crippen molar-refractivity contribution in [2.75, 3.05) is 41.4 Å². The van der Waals surface area contributed by atoms with Gasteiger partial charge in [0.2, 0.25) is 0 Å². The molecule has 2 atom stereocenters. The quantitative estimate of drug-likeness (QED) is 0.482. The van der Waals surface area contributed by atoms with Crippen LogP contribution in [0, 0.1) is 0 Å². The molecule has 0 unspecified atom stereocenters. The molecule has 13 heteroatoms. The molecular weight excluding hydrogens is 529 g/mol. The number of carbonyl (C=O) groups excluding carboxylic acids is 1. The van der Waals surface area contributed by atoms with Gasteiger partial charge in [0.05, 0.1) is 30.1 Å². The maximum Gasteiger partial charge on any atom is 0.416 e. The highest BCUT2D eigenvalue weighted by Crippen LogP contribution is 2.40. The van der Waals surface area contributed by atoms with Crippen molar-refractivity contribution in [2.45, 2.75) is 44.4 Å². The lowest BCUT2D eigenvalue weighted by Gasteiger charge is -2.35. The number of anilines is 3. The van der Waals surface area contributed by atoms with E-state index < -0.39 is 23.6 Å². The third-order valence-corrected chi connectivity index (χ3v) is 6.98. The Kier molecular flexibility index (Phi) is 6.50. The minimum atomic E-state index is -4.50. The zero-order valence-corrected chi connectivity index (χ0v) is 21.8. The van der Waals surface area contributed by atoms with E-state index in [2.05, 4.69) is 25.2 Å². The number of aromatic nitrogens is 3. The van der Waals surface area contributed by atoms with Crippen molar-refractivity contribution in [1.82, 2.24) is 15.0 Å². The molecule has 3 aliphatic rings. The normalized spacial score (nSPS) is 21.3. The summed E-state index contributed by atoms with van der Waals surface area (Å²) in [5.74, 6) is 0.553. The molecule has 210 valence electrons. The molecule has 0 radical (unpaired) electrons. The predicted molar refractivity (Wildman–Crippen MR) is 139 cm³/mol. The third-order valence-electron chi connectivity index (χ3n) is 6.98. The van der Waals surface area contributed by atoms with Crippen molar-refractivity contribution < 1.29 is 32.2 Å². The number of hydrogen-bond acceptors (Lipinski definition) is 8. The van der Waals surface area contributed by atoms with Gasteiger partial charge in [0.15, 0.2) is 17.4 Å². The van der Waals surface area contributed by atoms with Crippen LogP contribution in [0.15, 0.2) is 48.8 Å². The van der Waals surface area contributed by atoms with Crippen LogP contribution >= 0.6 is 0 Å². The number of carbonyl (C=O) groups is 1. The number of benzene rings is 1. The molecule has 1 N–H and O–H groups in total. The van der Waals surface area contributed by atoms with Gasteiger partial charge in [-0.3, -0.25) is 10.2 Å². The van der Waals surface area contributed by atoms with E-state index in [0.717, 1.165) is 12.1 Å². The van der Waals surface area contributed by atoms with E-state index in [1.54, 1.807) is 23.2 Å². The average Bonchev–Trinajstić information content (AvgIpc) is 3.50. The van der Waals surface area contributed by atoms with Gasteiger partial charge in [-0.25, -0.2) is 19.7 Å². The Morgan fingerprint density at radius 2 is 2.08 bits per heavy atom. The average molecular weight is 557 g/mol. The van der Waals surface area contributed by atoms with Crippen LogP contribution in [0.25, 0.3) is 11.4 Å². The Balaban J connectivity index is 1.22. The molecule has 10 nitrogen and oxygen atoms in total. The predicted octanol–water partition coefficient (Wildman–Crippen LogP) is 4.72. The minimum absolute atomic E-state index is 0.0972. The lowest BCUT2D eigenvalue weighted by atomic mass is 10.1. The first-order valence-electron chi connectivity index (χ1n) is 12.9. The number of nitrogens with zero attached hydrogens (tertiary/aromatic N) is 5. The van der Waals surface area contributed by atoms with E-state index in [1.807, 2.05) is 13.8 Å². The highest BCUT2D eigenvalue weighted by atomic mass is 19.4. The van der Waals surface area contributed by atoms with E-state index in [0.29, 0.717) is 43.4 Å². The largest absolute Gasteiger partial charge is 0.491 e. The molecule has 2 saturated heterocycles. The van der Waals surface area contributed by atoms with Crippen molar-refractivity contribution in [3.05, 3.63) is 54.4 Å². The van der Waals surface area contributed by atoms with Crippen molar-refractivity contribution in [3.63, 3.8) is 0 Å². The molecule has 5 heterocycles. The molecule has 2 amide bonds. The molecule has 3 aliphatic heterocycles. The lowest BCUT2D eigenvalue weighted by Crippen LogP contribution is -2.48. The van der Waals surface area contributed by atoms with Crippen LogP contribution in [0.1, 0.15) is 25.8 Å². The fourth-order valence-corrected chi connectivity index (χ4v) is 5.12. The molecule has 0 spiro atoms. The molecule has 0 aliphatic carbocycles. The van der Waals surface area contributed by atoms with Crippen LogP contribution in [0.4, 0.5) is 35.3 Å². The Labute approximate surface area is 228 Å². The summed E-state index contributed by atoms with van der Waals surface area (Å²) < 4.78 is 57.0. The summed E-state index contributed by atoms with van der Waals surface area (Å²) >= 11 is 0. The molecule has 6 rings (SSSR count). The number of alkyl halides is 3. The van der Waals surface area contributed by atoms with E-state index in [1.165, 1.54) is 18.3 Å². The third kappa shape index (κ3) is 5.26. The standard InChI is InChI=1S/C27H27F3N6O4/c1-26(2)39-15-20(40-26)14-38-19-6-8-31-22(11-19)33-25(37)36-18-7-9-35(13-18)21-12-32-23(34-24(21)36)16-4-3-5-17(10-16)27(28,29)30/h3-6,8,10-12,18,20H,7,9,13-15H2,1-2H3,(H,31,33,37)/t18-,20+/m0/s1. The number of fused-ring (bicyclic) bond motifs is 4. The Bertz CT molecular complexity index is 1440. The fourth-order valence-electron chi connectivity index (χ4n) is 5.12. The molecular formula is C27H27F3N6O4. The number of pyridine rings is 1. The number of ether oxygens (including phenoxy) is 3. The number of nitrogens with one attached hydrogen (secondary N) is 1. The number of amides is 2. The molecule has 1 aromatic carbocycles. The highest BCUT2D eigenvalue weighted by Gasteiger charge is 2.41. The lowest BCUT2D eigenvalue weighted by molar-refractivity contribution is -0.141. The summed E-state index contributed by atoms with van der Waals surface area (Å²) in [4.78, 5) is 30.3. The second-order valence-electron chi connectivity index (χ2n) is 10.3. The van der Waals surface area contributed by atoms with Crippen molar-refractivity contribution in [2.24, 2.45) is 0 Å². The molecule has 3 aromatic rings. The monoisotopic (exact) mass is 556 g/mol. The SMILES string of the molecule is CC1(C)OC[C@@H](COc2ccnc(NC(=O)N3c4nc(-c5cccc(C(F)(F)F)c5)ncc4N4CC[C@H]3C4)c2)O1. The Hall–Kier alpha value is -3.97. The topological polar surface area (TPSA) is 102 Å². The summed E-state index contributed by atoms with van der Waals surface area (Å²) in [7, 11) is 0. The summed E-state index contributed by atoms with van der Waals surface area (Å²) in [5, 5.41) is 2.82. The number of hydrogen-bond donors (Lipinski definition) is 1. The van der Waals surface area contributed by atoms with Crippen LogP contribution in [0.5, 0.6) is 5.75 Å².